The van der Waals surface area contributed by atoms with Gasteiger partial charge in [0.05, 0.1) is 0 Å². The number of nitrogens with one attached hydrogen (secondary N) is 3. The lowest BCUT2D eigenvalue weighted by molar-refractivity contribution is 0.0954. The molecule has 4 heteroatoms. The van der Waals surface area contributed by atoms with Crippen LogP contribution in [0.4, 0.5) is 0 Å². The van der Waals surface area contributed by atoms with Crippen LogP contribution in [-0.2, 0) is 0 Å². The third kappa shape index (κ3) is 6.33. The van der Waals surface area contributed by atoms with Gasteiger partial charge in [-0.2, -0.15) is 0 Å². The highest BCUT2D eigenvalue weighted by Crippen LogP contribution is 2.18. The SMILES string of the molecule is O=C(NCCCCNCCNC1CCCCC1)c1cccc2ccccc12. The number of carbonyl (C=O) groups excluding carboxylic acids is 1. The van der Waals surface area contributed by atoms with Gasteiger partial charge in [0.1, 0.15) is 0 Å². The minimum atomic E-state index is 0.0245. The first kappa shape index (κ1) is 19.8. The molecule has 2 aromatic rings. The van der Waals surface area contributed by atoms with E-state index >= 15 is 0 Å². The minimum absolute atomic E-state index is 0.0245. The molecule has 2 aromatic carbocycles. The zero-order valence-electron chi connectivity index (χ0n) is 16.3. The summed E-state index contributed by atoms with van der Waals surface area (Å²) in [5, 5.41) is 12.3. The van der Waals surface area contributed by atoms with Crippen molar-refractivity contribution in [3.8, 4) is 0 Å². The highest BCUT2D eigenvalue weighted by atomic mass is 16.1. The third-order valence-corrected chi connectivity index (χ3v) is 5.44. The molecule has 0 unspecified atom stereocenters. The lowest BCUT2D eigenvalue weighted by atomic mass is 9.95. The molecule has 0 heterocycles. The molecular weight excluding hydrogens is 334 g/mol. The first-order valence-electron chi connectivity index (χ1n) is 10.5. The van der Waals surface area contributed by atoms with Gasteiger partial charge in [0.25, 0.3) is 5.91 Å². The van der Waals surface area contributed by atoms with Gasteiger partial charge in [-0.05, 0) is 49.1 Å². The van der Waals surface area contributed by atoms with E-state index in [2.05, 4.69) is 16.0 Å². The van der Waals surface area contributed by atoms with E-state index in [1.165, 1.54) is 32.1 Å². The molecule has 0 radical (unpaired) electrons. The summed E-state index contributed by atoms with van der Waals surface area (Å²) in [5.74, 6) is 0.0245. The van der Waals surface area contributed by atoms with Crippen LogP contribution in [0.15, 0.2) is 42.5 Å². The smallest absolute Gasteiger partial charge is 0.251 e. The fraction of sp³-hybridized carbons (Fsp3) is 0.522. The standard InChI is InChI=1S/C23H33N3O/c27-23(22-14-8-10-19-9-4-5-13-21(19)22)26-16-7-6-15-24-17-18-25-20-11-2-1-3-12-20/h4-5,8-10,13-14,20,24-25H,1-3,6-7,11-12,15-18H2,(H,26,27). The van der Waals surface area contributed by atoms with Gasteiger partial charge in [0.2, 0.25) is 0 Å². The molecule has 0 aliphatic heterocycles. The summed E-state index contributed by atoms with van der Waals surface area (Å²) in [4.78, 5) is 12.4. The Labute approximate surface area is 163 Å². The molecule has 0 saturated heterocycles. The Hall–Kier alpha value is -1.91. The summed E-state index contributed by atoms with van der Waals surface area (Å²) in [6.45, 7) is 3.82. The van der Waals surface area contributed by atoms with E-state index in [9.17, 15) is 4.79 Å². The van der Waals surface area contributed by atoms with Crippen molar-refractivity contribution in [3.05, 3.63) is 48.0 Å². The second kappa shape index (κ2) is 11.1. The molecule has 1 amide bonds. The van der Waals surface area contributed by atoms with Gasteiger partial charge in [0.15, 0.2) is 0 Å². The van der Waals surface area contributed by atoms with Gasteiger partial charge < -0.3 is 16.0 Å². The molecule has 0 spiro atoms. The number of rotatable bonds is 10. The first-order valence-corrected chi connectivity index (χ1v) is 10.5. The van der Waals surface area contributed by atoms with Crippen molar-refractivity contribution < 1.29 is 4.79 Å². The Morgan fingerprint density at radius 3 is 2.52 bits per heavy atom. The predicted octanol–water partition coefficient (Wildman–Crippen LogP) is 3.86. The molecule has 1 aliphatic rings. The van der Waals surface area contributed by atoms with Crippen molar-refractivity contribution in [2.45, 2.75) is 51.0 Å². The summed E-state index contributed by atoms with van der Waals surface area (Å²) in [7, 11) is 0. The molecule has 3 N–H and O–H groups in total. The fourth-order valence-electron chi connectivity index (χ4n) is 3.89. The second-order valence-corrected chi connectivity index (χ2v) is 7.53. The Morgan fingerprint density at radius 2 is 1.63 bits per heavy atom. The highest BCUT2D eigenvalue weighted by Gasteiger charge is 2.11. The van der Waals surface area contributed by atoms with Crippen LogP contribution in [0.3, 0.4) is 0 Å². The number of hydrogen-bond acceptors (Lipinski definition) is 3. The summed E-state index contributed by atoms with van der Waals surface area (Å²) in [6.07, 6.45) is 8.95. The topological polar surface area (TPSA) is 53.2 Å². The van der Waals surface area contributed by atoms with Crippen LogP contribution >= 0.6 is 0 Å². The van der Waals surface area contributed by atoms with Crippen molar-refractivity contribution in [2.75, 3.05) is 26.2 Å². The monoisotopic (exact) mass is 367 g/mol. The van der Waals surface area contributed by atoms with Gasteiger partial charge in [-0.3, -0.25) is 4.79 Å². The minimum Gasteiger partial charge on any atom is -0.352 e. The lowest BCUT2D eigenvalue weighted by Gasteiger charge is -2.22. The van der Waals surface area contributed by atoms with Crippen molar-refractivity contribution in [3.63, 3.8) is 0 Å². The summed E-state index contributed by atoms with van der Waals surface area (Å²) in [6, 6.07) is 14.7. The molecule has 3 rings (SSSR count). The van der Waals surface area contributed by atoms with Crippen LogP contribution in [-0.4, -0.2) is 38.1 Å². The van der Waals surface area contributed by atoms with Gasteiger partial charge in [-0.15, -0.1) is 0 Å². The van der Waals surface area contributed by atoms with E-state index in [1.807, 2.05) is 42.5 Å². The maximum Gasteiger partial charge on any atom is 0.251 e. The molecule has 4 nitrogen and oxygen atoms in total. The molecule has 27 heavy (non-hydrogen) atoms. The Kier molecular flexibility index (Phi) is 8.12. The van der Waals surface area contributed by atoms with Crippen molar-refractivity contribution >= 4 is 16.7 Å². The number of amides is 1. The first-order chi connectivity index (χ1) is 13.3. The van der Waals surface area contributed by atoms with Crippen LogP contribution in [0, 0.1) is 0 Å². The zero-order chi connectivity index (χ0) is 18.7. The van der Waals surface area contributed by atoms with E-state index in [0.717, 1.165) is 61.4 Å². The molecule has 1 aliphatic carbocycles. The average Bonchev–Trinajstić information content (AvgIpc) is 2.72. The van der Waals surface area contributed by atoms with Gasteiger partial charge >= 0.3 is 0 Å². The van der Waals surface area contributed by atoms with E-state index in [0.29, 0.717) is 0 Å². The van der Waals surface area contributed by atoms with Gasteiger partial charge in [-0.1, -0.05) is 55.7 Å². The van der Waals surface area contributed by atoms with Crippen molar-refractivity contribution in [1.29, 1.82) is 0 Å². The Bertz CT molecular complexity index is 704. The number of fused-ring (bicyclic) bond motifs is 1. The fourth-order valence-corrected chi connectivity index (χ4v) is 3.89. The lowest BCUT2D eigenvalue weighted by Crippen LogP contribution is -2.36. The predicted molar refractivity (Wildman–Crippen MR) is 113 cm³/mol. The number of benzene rings is 2. The van der Waals surface area contributed by atoms with E-state index < -0.39 is 0 Å². The molecule has 0 atom stereocenters. The quantitative estimate of drug-likeness (QED) is 0.559. The van der Waals surface area contributed by atoms with Crippen LogP contribution < -0.4 is 16.0 Å². The van der Waals surface area contributed by atoms with Crippen molar-refractivity contribution in [1.82, 2.24) is 16.0 Å². The molecule has 0 bridgehead atoms. The molecule has 0 aromatic heterocycles. The van der Waals surface area contributed by atoms with Crippen molar-refractivity contribution in [2.24, 2.45) is 0 Å². The Morgan fingerprint density at radius 1 is 0.852 bits per heavy atom. The largest absolute Gasteiger partial charge is 0.352 e. The second-order valence-electron chi connectivity index (χ2n) is 7.53. The van der Waals surface area contributed by atoms with Crippen LogP contribution in [0.5, 0.6) is 0 Å². The van der Waals surface area contributed by atoms with Crippen LogP contribution in [0.25, 0.3) is 10.8 Å². The van der Waals surface area contributed by atoms with Gasteiger partial charge in [-0.25, -0.2) is 0 Å². The number of unbranched alkanes of at least 4 members (excludes halogenated alkanes) is 1. The van der Waals surface area contributed by atoms with Crippen LogP contribution in [0.2, 0.25) is 0 Å². The zero-order valence-corrected chi connectivity index (χ0v) is 16.3. The average molecular weight is 368 g/mol. The van der Waals surface area contributed by atoms with Crippen LogP contribution in [0.1, 0.15) is 55.3 Å². The number of hydrogen-bond donors (Lipinski definition) is 3. The molecular formula is C23H33N3O. The summed E-state index contributed by atoms with van der Waals surface area (Å²) < 4.78 is 0. The number of carbonyl (C=O) groups is 1. The molecule has 1 fully saturated rings. The maximum absolute atomic E-state index is 12.4. The highest BCUT2D eigenvalue weighted by molar-refractivity contribution is 6.06. The Balaban J connectivity index is 1.25. The van der Waals surface area contributed by atoms with E-state index in [-0.39, 0.29) is 5.91 Å². The van der Waals surface area contributed by atoms with E-state index in [1.54, 1.807) is 0 Å². The van der Waals surface area contributed by atoms with E-state index in [4.69, 9.17) is 0 Å². The third-order valence-electron chi connectivity index (χ3n) is 5.44. The summed E-state index contributed by atoms with van der Waals surface area (Å²) in [5.41, 5.74) is 0.764. The summed E-state index contributed by atoms with van der Waals surface area (Å²) >= 11 is 0. The maximum atomic E-state index is 12.4. The molecule has 146 valence electrons. The van der Waals surface area contributed by atoms with Gasteiger partial charge in [0, 0.05) is 31.2 Å². The normalized spacial score (nSPS) is 15.1. The molecule has 1 saturated carbocycles.